The fourth-order valence-corrected chi connectivity index (χ4v) is 1.81. The van der Waals surface area contributed by atoms with E-state index in [1.165, 1.54) is 24.3 Å². The zero-order chi connectivity index (χ0) is 22.1. The zero-order valence-corrected chi connectivity index (χ0v) is 20.7. The Kier molecular flexibility index (Phi) is 22.8. The lowest BCUT2D eigenvalue weighted by atomic mass is 10.2. The Labute approximate surface area is 208 Å². The van der Waals surface area contributed by atoms with Crippen LogP contribution in [0.1, 0.15) is 29.3 Å². The lowest BCUT2D eigenvalue weighted by Crippen LogP contribution is -1.97. The van der Waals surface area contributed by atoms with Gasteiger partial charge in [-0.05, 0) is 18.6 Å². The van der Waals surface area contributed by atoms with Crippen LogP contribution in [0.3, 0.4) is 0 Å². The Morgan fingerprint density at radius 3 is 1.77 bits per heavy atom. The fraction of sp³-hybridized carbons (Fsp3) is 0.263. The summed E-state index contributed by atoms with van der Waals surface area (Å²) < 4.78 is 0. The van der Waals surface area contributed by atoms with Gasteiger partial charge >= 0.3 is 0 Å². The predicted octanol–water partition coefficient (Wildman–Crippen LogP) is 5.05. The number of nitrogens with zero attached hydrogens (tertiary/aromatic N) is 3. The number of para-hydroxylation sites is 2. The van der Waals surface area contributed by atoms with Gasteiger partial charge in [0, 0.05) is 37.3 Å². The summed E-state index contributed by atoms with van der Waals surface area (Å²) >= 11 is 5.06. The van der Waals surface area contributed by atoms with E-state index < -0.39 is 9.85 Å². The van der Waals surface area contributed by atoms with Gasteiger partial charge in [0.1, 0.15) is 0 Å². The summed E-state index contributed by atoms with van der Waals surface area (Å²) in [5, 5.41) is 20.8. The first-order valence-corrected chi connectivity index (χ1v) is 9.14. The van der Waals surface area contributed by atoms with Gasteiger partial charge in [0.15, 0.2) is 6.29 Å². The SMILES string of the molecule is CCCN=Cc1ccccc1[N+](=O)[O-].Cl.I.NCCCl.O=Cc1ccccc1[N+](=O)[O-]. The van der Waals surface area contributed by atoms with Gasteiger partial charge < -0.3 is 5.73 Å². The molecule has 2 aromatic rings. The number of nitrogens with two attached hydrogens (primary N) is 1. The Morgan fingerprint density at radius 2 is 1.42 bits per heavy atom. The number of rotatable bonds is 7. The molecule has 12 heteroatoms. The largest absolute Gasteiger partial charge is 0.329 e. The van der Waals surface area contributed by atoms with E-state index in [1.807, 2.05) is 6.92 Å². The first kappa shape index (κ1) is 33.5. The van der Waals surface area contributed by atoms with Gasteiger partial charge in [0.25, 0.3) is 11.4 Å². The normalized spacial score (nSPS) is 9.00. The summed E-state index contributed by atoms with van der Waals surface area (Å²) in [6.45, 7) is 3.30. The van der Waals surface area contributed by atoms with Gasteiger partial charge in [-0.25, -0.2) is 0 Å². The summed E-state index contributed by atoms with van der Waals surface area (Å²) in [5.41, 5.74) is 5.52. The van der Waals surface area contributed by atoms with Crippen molar-refractivity contribution in [2.24, 2.45) is 10.7 Å². The maximum absolute atomic E-state index is 10.6. The van der Waals surface area contributed by atoms with Crippen LogP contribution in [-0.4, -0.2) is 41.3 Å². The Bertz CT molecular complexity index is 823. The number of benzene rings is 2. The molecule has 0 fully saturated rings. The van der Waals surface area contributed by atoms with E-state index in [-0.39, 0.29) is 53.3 Å². The van der Waals surface area contributed by atoms with Crippen molar-refractivity contribution < 1.29 is 14.6 Å². The minimum atomic E-state index is -0.580. The molecular weight excluding hydrogens is 562 g/mol. The molecule has 31 heavy (non-hydrogen) atoms. The summed E-state index contributed by atoms with van der Waals surface area (Å²) in [5.74, 6) is 0.569. The average Bonchev–Trinajstić information content (AvgIpc) is 2.74. The van der Waals surface area contributed by atoms with Crippen molar-refractivity contribution in [3.63, 3.8) is 0 Å². The third-order valence-corrected chi connectivity index (χ3v) is 3.30. The van der Waals surface area contributed by atoms with Crippen molar-refractivity contribution in [2.75, 3.05) is 19.0 Å². The van der Waals surface area contributed by atoms with Gasteiger partial charge in [-0.3, -0.25) is 30.0 Å². The molecule has 0 aromatic heterocycles. The highest BCUT2D eigenvalue weighted by molar-refractivity contribution is 14.0. The minimum absolute atomic E-state index is 0. The van der Waals surface area contributed by atoms with Gasteiger partial charge in [0.2, 0.25) is 0 Å². The highest BCUT2D eigenvalue weighted by Crippen LogP contribution is 2.15. The van der Waals surface area contributed by atoms with E-state index in [9.17, 15) is 25.0 Å². The number of aliphatic imine (C=N–C) groups is 1. The quantitative estimate of drug-likeness (QED) is 0.120. The lowest BCUT2D eigenvalue weighted by molar-refractivity contribution is -0.385. The molecule has 0 spiro atoms. The summed E-state index contributed by atoms with van der Waals surface area (Å²) in [6.07, 6.45) is 2.97. The average molecular weight is 587 g/mol. The number of alkyl halides is 1. The molecule has 0 unspecified atom stereocenters. The topological polar surface area (TPSA) is 142 Å². The van der Waals surface area contributed by atoms with Crippen molar-refractivity contribution in [1.29, 1.82) is 0 Å². The van der Waals surface area contributed by atoms with Crippen LogP contribution >= 0.6 is 48.0 Å². The predicted molar refractivity (Wildman–Crippen MR) is 137 cm³/mol. The van der Waals surface area contributed by atoms with Gasteiger partial charge in [-0.2, -0.15) is 0 Å². The van der Waals surface area contributed by atoms with Crippen LogP contribution in [0.2, 0.25) is 0 Å². The van der Waals surface area contributed by atoms with E-state index in [2.05, 4.69) is 4.99 Å². The van der Waals surface area contributed by atoms with Crippen LogP contribution in [-0.2, 0) is 0 Å². The third-order valence-electron chi connectivity index (χ3n) is 3.09. The summed E-state index contributed by atoms with van der Waals surface area (Å²) in [6, 6.07) is 12.4. The smallest absolute Gasteiger partial charge is 0.279 e. The number of nitro groups is 2. The molecular formula is C19H25Cl2IN4O5. The van der Waals surface area contributed by atoms with E-state index in [0.717, 1.165) is 6.42 Å². The maximum Gasteiger partial charge on any atom is 0.279 e. The number of halogens is 3. The van der Waals surface area contributed by atoms with Crippen LogP contribution in [0.15, 0.2) is 53.5 Å². The molecule has 0 bridgehead atoms. The molecule has 0 amide bonds. The Balaban J connectivity index is -0.000000416. The van der Waals surface area contributed by atoms with Crippen LogP contribution < -0.4 is 5.73 Å². The second kappa shape index (κ2) is 21.1. The number of hydrogen-bond donors (Lipinski definition) is 1. The summed E-state index contributed by atoms with van der Waals surface area (Å²) in [7, 11) is 0. The molecule has 0 heterocycles. The highest BCUT2D eigenvalue weighted by atomic mass is 127. The van der Waals surface area contributed by atoms with E-state index >= 15 is 0 Å². The molecule has 0 atom stereocenters. The van der Waals surface area contributed by atoms with Gasteiger partial charge in [0.05, 0.1) is 21.0 Å². The van der Waals surface area contributed by atoms with Crippen molar-refractivity contribution in [2.45, 2.75) is 13.3 Å². The summed E-state index contributed by atoms with van der Waals surface area (Å²) in [4.78, 5) is 34.2. The fourth-order valence-electron chi connectivity index (χ4n) is 1.81. The second-order valence-corrected chi connectivity index (χ2v) is 5.64. The molecule has 9 nitrogen and oxygen atoms in total. The first-order chi connectivity index (χ1) is 13.9. The molecule has 2 aromatic carbocycles. The van der Waals surface area contributed by atoms with E-state index in [1.54, 1.807) is 30.5 Å². The van der Waals surface area contributed by atoms with Crippen molar-refractivity contribution >= 4 is 71.9 Å². The molecule has 2 N–H and O–H groups in total. The monoisotopic (exact) mass is 586 g/mol. The van der Waals surface area contributed by atoms with Crippen LogP contribution in [0.25, 0.3) is 0 Å². The molecule has 0 saturated heterocycles. The number of carbonyl (C=O) groups excluding carboxylic acids is 1. The molecule has 0 aliphatic heterocycles. The minimum Gasteiger partial charge on any atom is -0.329 e. The first-order valence-electron chi connectivity index (χ1n) is 8.60. The van der Waals surface area contributed by atoms with Crippen molar-refractivity contribution in [3.05, 3.63) is 79.9 Å². The van der Waals surface area contributed by atoms with E-state index in [0.29, 0.717) is 30.8 Å². The molecule has 172 valence electrons. The molecule has 0 aliphatic carbocycles. The number of aldehydes is 1. The standard InChI is InChI=1S/C10H12N2O2.C7H5NO3.C2H6ClN.ClH.HI/c1-2-7-11-8-9-5-3-4-6-10(9)12(13)14;9-5-6-3-1-2-4-7(6)8(10)11;3-1-2-4;;/h3-6,8H,2,7H2,1H3;1-5H;1-2,4H2;2*1H. The third kappa shape index (κ3) is 14.5. The molecule has 0 radical (unpaired) electrons. The van der Waals surface area contributed by atoms with Crippen molar-refractivity contribution in [3.8, 4) is 0 Å². The van der Waals surface area contributed by atoms with Crippen LogP contribution in [0.5, 0.6) is 0 Å². The second-order valence-electron chi connectivity index (χ2n) is 5.26. The highest BCUT2D eigenvalue weighted by Gasteiger charge is 2.10. The van der Waals surface area contributed by atoms with Crippen LogP contribution in [0, 0.1) is 20.2 Å². The van der Waals surface area contributed by atoms with Crippen LogP contribution in [0.4, 0.5) is 11.4 Å². The molecule has 0 saturated carbocycles. The lowest BCUT2D eigenvalue weighted by Gasteiger charge is -1.95. The molecule has 0 aliphatic rings. The number of hydrogen-bond acceptors (Lipinski definition) is 7. The molecule has 2 rings (SSSR count). The Hall–Kier alpha value is -2.15. The van der Waals surface area contributed by atoms with Crippen molar-refractivity contribution in [1.82, 2.24) is 0 Å². The van der Waals surface area contributed by atoms with E-state index in [4.69, 9.17) is 17.3 Å². The maximum atomic E-state index is 10.6. The van der Waals surface area contributed by atoms with Gasteiger partial charge in [-0.15, -0.1) is 48.0 Å². The Morgan fingerprint density at radius 1 is 1.00 bits per heavy atom. The zero-order valence-electron chi connectivity index (χ0n) is 16.8. The van der Waals surface area contributed by atoms with Gasteiger partial charge in [-0.1, -0.05) is 31.2 Å². The number of carbonyl (C=O) groups is 1. The number of nitro benzene ring substituents is 2.